The van der Waals surface area contributed by atoms with Crippen molar-refractivity contribution < 1.29 is 19.3 Å². The van der Waals surface area contributed by atoms with Crippen LogP contribution < -0.4 is 0 Å². The van der Waals surface area contributed by atoms with Gasteiger partial charge in [-0.05, 0) is 0 Å². The Hall–Kier alpha value is 0.372. The van der Waals surface area contributed by atoms with Crippen molar-refractivity contribution in [1.82, 2.24) is 0 Å². The summed E-state index contributed by atoms with van der Waals surface area (Å²) < 4.78 is 13.7. The maximum absolute atomic E-state index is 9.06. The Kier molecular flexibility index (Phi) is 7.94. The van der Waals surface area contributed by atoms with Crippen molar-refractivity contribution in [3.63, 3.8) is 0 Å². The normalized spacial score (nSPS) is 10.8. The van der Waals surface area contributed by atoms with Gasteiger partial charge in [-0.2, -0.15) is 0 Å². The third kappa shape index (κ3) is 4.23. The molecule has 0 unspecified atom stereocenters. The van der Waals surface area contributed by atoms with Crippen LogP contribution in [-0.4, -0.2) is 56.4 Å². The van der Waals surface area contributed by atoms with E-state index >= 15 is 0 Å². The van der Waals surface area contributed by atoms with E-state index in [0.717, 1.165) is 0 Å². The van der Waals surface area contributed by atoms with Gasteiger partial charge < -0.3 is 19.3 Å². The number of aliphatic hydroxyl groups is 1. The summed E-state index contributed by atoms with van der Waals surface area (Å²) in [4.78, 5) is 0. The second-order valence-corrected chi connectivity index (χ2v) is 1.55. The highest BCUT2D eigenvalue weighted by Crippen LogP contribution is 2.04. The molecule has 0 aliphatic carbocycles. The molecule has 0 heterocycles. The van der Waals surface area contributed by atoms with Crippen molar-refractivity contribution in [2.75, 3.05) is 27.9 Å². The molecule has 0 radical (unpaired) electrons. The smallest absolute Gasteiger partial charge is 0.304 e. The summed E-state index contributed by atoms with van der Waals surface area (Å²) in [5.74, 6) is -1.59. The number of rotatable bonds is 4. The van der Waals surface area contributed by atoms with Gasteiger partial charge in [-0.1, -0.05) is 0 Å². The summed E-state index contributed by atoms with van der Waals surface area (Å²) >= 11 is 0. The van der Waals surface area contributed by atoms with Gasteiger partial charge in [-0.3, -0.25) is 0 Å². The molecule has 0 saturated carbocycles. The van der Waals surface area contributed by atoms with Gasteiger partial charge in [0.2, 0.25) is 0 Å². The molecule has 5 heteroatoms. The summed E-state index contributed by atoms with van der Waals surface area (Å²) in [6, 6.07) is 0. The predicted molar refractivity (Wildman–Crippen MR) is 40.8 cm³/mol. The number of hydrogen-bond acceptors (Lipinski definition) is 4. The minimum atomic E-state index is -1.59. The lowest BCUT2D eigenvalue weighted by molar-refractivity contribution is -0.354. The van der Waals surface area contributed by atoms with E-state index in [9.17, 15) is 0 Å². The highest BCUT2D eigenvalue weighted by molar-refractivity contribution is 5.75. The van der Waals surface area contributed by atoms with E-state index in [1.54, 1.807) is 0 Å². The van der Waals surface area contributed by atoms with Crippen LogP contribution in [0.4, 0.5) is 0 Å². The Morgan fingerprint density at radius 3 is 1.70 bits per heavy atom. The first-order chi connectivity index (χ1) is 4.18. The highest BCUT2D eigenvalue weighted by Gasteiger charge is 2.25. The van der Waals surface area contributed by atoms with Gasteiger partial charge in [0.1, 0.15) is 6.61 Å². The van der Waals surface area contributed by atoms with E-state index in [1.807, 2.05) is 0 Å². The van der Waals surface area contributed by atoms with E-state index in [4.69, 9.17) is 5.11 Å². The minimum Gasteiger partial charge on any atom is -0.376 e. The summed E-state index contributed by atoms with van der Waals surface area (Å²) in [6.45, 7) is 0. The summed E-state index contributed by atoms with van der Waals surface area (Å²) in [6.07, 6.45) is 0. The molecule has 0 aliphatic rings. The molecular weight excluding hydrogens is 151 g/mol. The third-order valence-electron chi connectivity index (χ3n) is 0.965. The first-order valence-corrected chi connectivity index (χ1v) is 2.50. The Balaban J connectivity index is 0. The van der Waals surface area contributed by atoms with E-state index < -0.39 is 5.97 Å². The summed E-state index contributed by atoms with van der Waals surface area (Å²) in [7, 11) is 4.12. The number of ether oxygens (including phenoxy) is 3. The molecule has 0 aliphatic heterocycles. The molecule has 0 fully saturated rings. The van der Waals surface area contributed by atoms with Crippen molar-refractivity contribution in [3.05, 3.63) is 0 Å². The van der Waals surface area contributed by atoms with Crippen LogP contribution in [0.5, 0.6) is 0 Å². The van der Waals surface area contributed by atoms with Gasteiger partial charge in [0.05, 0.1) is 0 Å². The van der Waals surface area contributed by atoms with Gasteiger partial charge in [0, 0.05) is 21.3 Å². The van der Waals surface area contributed by atoms with E-state index in [0.29, 0.717) is 0 Å². The van der Waals surface area contributed by atoms with E-state index in [-0.39, 0.29) is 24.0 Å². The van der Waals surface area contributed by atoms with Crippen molar-refractivity contribution in [2.45, 2.75) is 5.97 Å². The molecule has 0 spiro atoms. The largest absolute Gasteiger partial charge is 0.376 e. The molecule has 4 nitrogen and oxygen atoms in total. The maximum atomic E-state index is 9.06. The Labute approximate surface area is 71.2 Å². The van der Waals surface area contributed by atoms with Crippen molar-refractivity contribution in [2.24, 2.45) is 0 Å². The fourth-order valence-electron chi connectivity index (χ4n) is 0.384. The highest BCUT2D eigenvalue weighted by atomic mass is 27.0. The maximum Gasteiger partial charge on any atom is 0.304 e. The van der Waals surface area contributed by atoms with Gasteiger partial charge >= 0.3 is 5.97 Å². The standard InChI is InChI=1S/C5H12O4.Al.3H/c1-7-4-5(6,8-2)9-3;;;;/h6H,4H2,1-3H3;;;;. The monoisotopic (exact) mass is 166 g/mol. The molecule has 0 aromatic heterocycles. The zero-order chi connectivity index (χ0) is 7.33. The average molecular weight is 166 g/mol. The van der Waals surface area contributed by atoms with Gasteiger partial charge in [-0.25, -0.2) is 0 Å². The molecule has 0 saturated heterocycles. The molecule has 0 aromatic rings. The minimum absolute atomic E-state index is 0. The second-order valence-electron chi connectivity index (χ2n) is 1.55. The van der Waals surface area contributed by atoms with Crippen LogP contribution in [0.25, 0.3) is 0 Å². The summed E-state index contributed by atoms with van der Waals surface area (Å²) in [5.41, 5.74) is 0. The molecule has 0 bridgehead atoms. The van der Waals surface area contributed by atoms with Gasteiger partial charge in [-0.15, -0.1) is 0 Å². The van der Waals surface area contributed by atoms with Crippen LogP contribution >= 0.6 is 0 Å². The molecule has 62 valence electrons. The lowest BCUT2D eigenvalue weighted by atomic mass is 10.6. The first kappa shape index (κ1) is 13.0. The van der Waals surface area contributed by atoms with Crippen LogP contribution in [0.3, 0.4) is 0 Å². The lowest BCUT2D eigenvalue weighted by Gasteiger charge is -2.22. The Morgan fingerprint density at radius 2 is 1.60 bits per heavy atom. The Bertz CT molecular complexity index is 74.0. The topological polar surface area (TPSA) is 47.9 Å². The van der Waals surface area contributed by atoms with Gasteiger partial charge in [0.25, 0.3) is 0 Å². The lowest BCUT2D eigenvalue weighted by Crippen LogP contribution is -2.38. The quantitative estimate of drug-likeness (QED) is 0.403. The van der Waals surface area contributed by atoms with Crippen LogP contribution in [0.2, 0.25) is 0 Å². The molecular formula is C5H15AlO4. The Morgan fingerprint density at radius 1 is 1.20 bits per heavy atom. The third-order valence-corrected chi connectivity index (χ3v) is 0.965. The predicted octanol–water partition coefficient (Wildman–Crippen LogP) is -1.61. The number of methoxy groups -OCH3 is 3. The average Bonchev–Trinajstić information content (AvgIpc) is 1.89. The van der Waals surface area contributed by atoms with E-state index in [2.05, 4.69) is 14.2 Å². The molecule has 10 heavy (non-hydrogen) atoms. The van der Waals surface area contributed by atoms with Crippen molar-refractivity contribution in [3.8, 4) is 0 Å². The van der Waals surface area contributed by atoms with E-state index in [1.165, 1.54) is 21.3 Å². The SMILES string of the molecule is COCC(O)(OC)OC.[AlH3]. The molecule has 0 amide bonds. The fraction of sp³-hybridized carbons (Fsp3) is 1.00. The first-order valence-electron chi connectivity index (χ1n) is 2.50. The van der Waals surface area contributed by atoms with Crippen LogP contribution in [0, 0.1) is 0 Å². The van der Waals surface area contributed by atoms with Crippen molar-refractivity contribution >= 4 is 17.4 Å². The fourth-order valence-corrected chi connectivity index (χ4v) is 0.384. The molecule has 0 aromatic carbocycles. The molecule has 0 atom stereocenters. The van der Waals surface area contributed by atoms with Crippen LogP contribution in [0.1, 0.15) is 0 Å². The van der Waals surface area contributed by atoms with Crippen LogP contribution in [0.15, 0.2) is 0 Å². The molecule has 1 N–H and O–H groups in total. The van der Waals surface area contributed by atoms with Crippen LogP contribution in [-0.2, 0) is 14.2 Å². The zero-order valence-corrected chi connectivity index (χ0v) is 5.88. The number of hydrogen-bond donors (Lipinski definition) is 1. The van der Waals surface area contributed by atoms with Crippen molar-refractivity contribution in [1.29, 1.82) is 0 Å². The van der Waals surface area contributed by atoms with Gasteiger partial charge in [0.15, 0.2) is 17.4 Å². The summed E-state index contributed by atoms with van der Waals surface area (Å²) in [5, 5.41) is 9.06. The molecule has 0 rings (SSSR count). The zero-order valence-electron chi connectivity index (χ0n) is 5.88. The second kappa shape index (κ2) is 6.11.